The van der Waals surface area contributed by atoms with Crippen molar-refractivity contribution in [1.82, 2.24) is 9.78 Å². The molecule has 0 spiro atoms. The first-order valence-electron chi connectivity index (χ1n) is 5.19. The predicted molar refractivity (Wildman–Crippen MR) is 69.0 cm³/mol. The maximum absolute atomic E-state index is 10.9. The Bertz CT molecular complexity index is 563. The van der Waals surface area contributed by atoms with Gasteiger partial charge >= 0.3 is 5.97 Å². The van der Waals surface area contributed by atoms with Gasteiger partial charge in [-0.3, -0.25) is 4.68 Å². The van der Waals surface area contributed by atoms with Gasteiger partial charge in [0, 0.05) is 6.20 Å². The van der Waals surface area contributed by atoms with Gasteiger partial charge in [-0.25, -0.2) is 4.79 Å². The van der Waals surface area contributed by atoms with Gasteiger partial charge in [-0.1, -0.05) is 12.1 Å². The topological polar surface area (TPSA) is 64.3 Å². The zero-order valence-electron chi connectivity index (χ0n) is 9.63. The van der Waals surface area contributed by atoms with Gasteiger partial charge in [-0.2, -0.15) is 5.10 Å². The summed E-state index contributed by atoms with van der Waals surface area (Å²) in [6, 6.07) is 7.53. The standard InChI is InChI=1S/C12H11BrN2O3/c1-18-9-4-2-8(3-5-9)6-15-7-10(12(16)17)11(13)14-15/h2-5,7H,6H2,1H3,(H,16,17). The van der Waals surface area contributed by atoms with E-state index in [2.05, 4.69) is 21.0 Å². The Morgan fingerprint density at radius 2 is 2.11 bits per heavy atom. The highest BCUT2D eigenvalue weighted by molar-refractivity contribution is 9.10. The van der Waals surface area contributed by atoms with Gasteiger partial charge in [0.05, 0.1) is 13.7 Å². The molecule has 0 amide bonds. The summed E-state index contributed by atoms with van der Waals surface area (Å²) in [4.78, 5) is 10.9. The van der Waals surface area contributed by atoms with Crippen molar-refractivity contribution < 1.29 is 14.6 Å². The largest absolute Gasteiger partial charge is 0.497 e. The molecule has 1 heterocycles. The lowest BCUT2D eigenvalue weighted by Gasteiger charge is -2.03. The Morgan fingerprint density at radius 1 is 1.44 bits per heavy atom. The molecule has 18 heavy (non-hydrogen) atoms. The van der Waals surface area contributed by atoms with Crippen LogP contribution in [-0.4, -0.2) is 28.0 Å². The second kappa shape index (κ2) is 5.22. The lowest BCUT2D eigenvalue weighted by atomic mass is 10.2. The first-order chi connectivity index (χ1) is 8.60. The van der Waals surface area contributed by atoms with Gasteiger partial charge in [-0.05, 0) is 33.6 Å². The Balaban J connectivity index is 2.18. The normalized spacial score (nSPS) is 10.3. The molecule has 5 nitrogen and oxygen atoms in total. The molecule has 0 saturated heterocycles. The van der Waals surface area contributed by atoms with E-state index in [4.69, 9.17) is 9.84 Å². The second-order valence-corrected chi connectivity index (χ2v) is 4.44. The summed E-state index contributed by atoms with van der Waals surface area (Å²) < 4.78 is 6.98. The van der Waals surface area contributed by atoms with Crippen LogP contribution in [0.4, 0.5) is 0 Å². The van der Waals surface area contributed by atoms with E-state index < -0.39 is 5.97 Å². The fraction of sp³-hybridized carbons (Fsp3) is 0.167. The molecule has 0 bridgehead atoms. The molecule has 2 rings (SSSR count). The van der Waals surface area contributed by atoms with Gasteiger partial charge in [0.2, 0.25) is 0 Å². The van der Waals surface area contributed by atoms with Crippen molar-refractivity contribution in [2.45, 2.75) is 6.54 Å². The molecule has 0 aliphatic rings. The molecule has 0 atom stereocenters. The molecule has 1 N–H and O–H groups in total. The summed E-state index contributed by atoms with van der Waals surface area (Å²) in [5, 5.41) is 13.0. The van der Waals surface area contributed by atoms with E-state index in [-0.39, 0.29) is 5.56 Å². The molecule has 0 fully saturated rings. The smallest absolute Gasteiger partial charge is 0.340 e. The third kappa shape index (κ3) is 2.70. The van der Waals surface area contributed by atoms with Gasteiger partial charge in [0.1, 0.15) is 15.9 Å². The van der Waals surface area contributed by atoms with Crippen molar-refractivity contribution in [3.05, 3.63) is 46.2 Å². The second-order valence-electron chi connectivity index (χ2n) is 3.68. The molecule has 0 aliphatic carbocycles. The monoisotopic (exact) mass is 310 g/mol. The van der Waals surface area contributed by atoms with Crippen molar-refractivity contribution >= 4 is 21.9 Å². The third-order valence-corrected chi connectivity index (χ3v) is 3.04. The van der Waals surface area contributed by atoms with Gasteiger partial charge in [0.25, 0.3) is 0 Å². The Morgan fingerprint density at radius 3 is 2.61 bits per heavy atom. The van der Waals surface area contributed by atoms with Crippen LogP contribution in [0.15, 0.2) is 35.1 Å². The Labute approximate surface area is 112 Å². The number of carboxylic acids is 1. The van der Waals surface area contributed by atoms with Crippen LogP contribution in [-0.2, 0) is 6.54 Å². The van der Waals surface area contributed by atoms with Crippen molar-refractivity contribution in [3.63, 3.8) is 0 Å². The number of aromatic nitrogens is 2. The highest BCUT2D eigenvalue weighted by Crippen LogP contribution is 2.16. The Kier molecular flexibility index (Phi) is 3.66. The minimum absolute atomic E-state index is 0.156. The fourth-order valence-corrected chi connectivity index (χ4v) is 2.02. The third-order valence-electron chi connectivity index (χ3n) is 2.45. The van der Waals surface area contributed by atoms with E-state index in [1.807, 2.05) is 24.3 Å². The summed E-state index contributed by atoms with van der Waals surface area (Å²) in [5.41, 5.74) is 1.17. The number of rotatable bonds is 4. The average Bonchev–Trinajstić information content (AvgIpc) is 2.71. The van der Waals surface area contributed by atoms with Gasteiger partial charge in [0.15, 0.2) is 0 Å². The number of hydrogen-bond acceptors (Lipinski definition) is 3. The molecule has 6 heteroatoms. The molecule has 0 radical (unpaired) electrons. The number of methoxy groups -OCH3 is 1. The zero-order chi connectivity index (χ0) is 13.1. The number of carboxylic acid groups (broad SMARTS) is 1. The quantitative estimate of drug-likeness (QED) is 0.942. The van der Waals surface area contributed by atoms with Crippen molar-refractivity contribution in [2.24, 2.45) is 0 Å². The van der Waals surface area contributed by atoms with E-state index >= 15 is 0 Å². The van der Waals surface area contributed by atoms with E-state index in [0.29, 0.717) is 11.1 Å². The summed E-state index contributed by atoms with van der Waals surface area (Å²) in [7, 11) is 1.61. The van der Waals surface area contributed by atoms with Crippen LogP contribution in [0.5, 0.6) is 5.75 Å². The summed E-state index contributed by atoms with van der Waals surface area (Å²) >= 11 is 3.12. The minimum Gasteiger partial charge on any atom is -0.497 e. The Hall–Kier alpha value is -1.82. The van der Waals surface area contributed by atoms with Crippen LogP contribution in [0.25, 0.3) is 0 Å². The van der Waals surface area contributed by atoms with Crippen LogP contribution in [0.2, 0.25) is 0 Å². The first kappa shape index (κ1) is 12.6. The fourth-order valence-electron chi connectivity index (χ4n) is 1.54. The zero-order valence-corrected chi connectivity index (χ0v) is 11.2. The summed E-state index contributed by atoms with van der Waals surface area (Å²) in [6.07, 6.45) is 1.50. The molecule has 0 aliphatic heterocycles. The number of ether oxygens (including phenoxy) is 1. The maximum atomic E-state index is 10.9. The van der Waals surface area contributed by atoms with E-state index in [9.17, 15) is 4.79 Å². The highest BCUT2D eigenvalue weighted by atomic mass is 79.9. The van der Waals surface area contributed by atoms with Crippen LogP contribution >= 0.6 is 15.9 Å². The van der Waals surface area contributed by atoms with E-state index in [0.717, 1.165) is 11.3 Å². The van der Waals surface area contributed by atoms with Crippen molar-refractivity contribution in [1.29, 1.82) is 0 Å². The van der Waals surface area contributed by atoms with Crippen LogP contribution in [0.1, 0.15) is 15.9 Å². The molecule has 0 saturated carbocycles. The molecule has 0 unspecified atom stereocenters. The molecule has 1 aromatic heterocycles. The predicted octanol–water partition coefficient (Wildman–Crippen LogP) is 2.40. The SMILES string of the molecule is COc1ccc(Cn2cc(C(=O)O)c(Br)n2)cc1. The number of aromatic carboxylic acids is 1. The number of carbonyl (C=O) groups is 1. The van der Waals surface area contributed by atoms with Gasteiger partial charge in [-0.15, -0.1) is 0 Å². The highest BCUT2D eigenvalue weighted by Gasteiger charge is 2.13. The molecule has 94 valence electrons. The van der Waals surface area contributed by atoms with Crippen LogP contribution in [0.3, 0.4) is 0 Å². The maximum Gasteiger partial charge on any atom is 0.340 e. The molecular formula is C12H11BrN2O3. The molecular weight excluding hydrogens is 300 g/mol. The van der Waals surface area contributed by atoms with Crippen LogP contribution in [0, 0.1) is 0 Å². The number of hydrogen-bond donors (Lipinski definition) is 1. The lowest BCUT2D eigenvalue weighted by Crippen LogP contribution is -2.00. The van der Waals surface area contributed by atoms with E-state index in [1.165, 1.54) is 6.20 Å². The van der Waals surface area contributed by atoms with Crippen LogP contribution < -0.4 is 4.74 Å². The molecule has 2 aromatic rings. The van der Waals surface area contributed by atoms with Crippen molar-refractivity contribution in [2.75, 3.05) is 7.11 Å². The lowest BCUT2D eigenvalue weighted by molar-refractivity contribution is 0.0696. The van der Waals surface area contributed by atoms with E-state index in [1.54, 1.807) is 11.8 Å². The summed E-state index contributed by atoms with van der Waals surface area (Å²) in [6.45, 7) is 0.510. The first-order valence-corrected chi connectivity index (χ1v) is 5.98. The van der Waals surface area contributed by atoms with Gasteiger partial charge < -0.3 is 9.84 Å². The molecule has 1 aromatic carbocycles. The minimum atomic E-state index is -0.997. The number of benzene rings is 1. The summed E-state index contributed by atoms with van der Waals surface area (Å²) in [5.74, 6) is -0.213. The number of halogens is 1. The average molecular weight is 311 g/mol. The number of nitrogens with zero attached hydrogens (tertiary/aromatic N) is 2. The van der Waals surface area contributed by atoms with Crippen molar-refractivity contribution in [3.8, 4) is 5.75 Å².